The lowest BCUT2D eigenvalue weighted by Crippen LogP contribution is -2.13. The molecule has 0 saturated heterocycles. The minimum Gasteiger partial charge on any atom is -0.362 e. The Kier molecular flexibility index (Phi) is 2.89. The van der Waals surface area contributed by atoms with Crippen molar-refractivity contribution in [3.63, 3.8) is 0 Å². The maximum Gasteiger partial charge on any atom is 0.147 e. The lowest BCUT2D eigenvalue weighted by atomic mass is 10.3. The van der Waals surface area contributed by atoms with E-state index in [1.807, 2.05) is 31.1 Å². The second kappa shape index (κ2) is 3.74. The van der Waals surface area contributed by atoms with Crippen molar-refractivity contribution in [3.05, 3.63) is 22.8 Å². The van der Waals surface area contributed by atoms with E-state index in [4.69, 9.17) is 17.3 Å². The molecule has 1 aromatic rings. The largest absolute Gasteiger partial charge is 0.362 e. The standard InChI is InChI=1S/C8H12ClN3/c1-12(2)8-7(9)4-3-6(5-10)11-8/h3-4H,5,10H2,1-2H3. The summed E-state index contributed by atoms with van der Waals surface area (Å²) in [5, 5.41) is 0.650. The monoisotopic (exact) mass is 185 g/mol. The fourth-order valence-electron chi connectivity index (χ4n) is 0.898. The number of halogens is 1. The van der Waals surface area contributed by atoms with Gasteiger partial charge in [0, 0.05) is 20.6 Å². The van der Waals surface area contributed by atoms with Crippen LogP contribution in [0.4, 0.5) is 5.82 Å². The molecule has 0 aliphatic carbocycles. The van der Waals surface area contributed by atoms with Gasteiger partial charge in [0.2, 0.25) is 0 Å². The summed E-state index contributed by atoms with van der Waals surface area (Å²) in [7, 11) is 3.79. The van der Waals surface area contributed by atoms with E-state index >= 15 is 0 Å². The Hall–Kier alpha value is -0.800. The summed E-state index contributed by atoms with van der Waals surface area (Å²) < 4.78 is 0. The third kappa shape index (κ3) is 1.87. The van der Waals surface area contributed by atoms with Crippen LogP contribution >= 0.6 is 11.6 Å². The number of rotatable bonds is 2. The fraction of sp³-hybridized carbons (Fsp3) is 0.375. The quantitative estimate of drug-likeness (QED) is 0.755. The Labute approximate surface area is 77.1 Å². The predicted octanol–water partition coefficient (Wildman–Crippen LogP) is 1.26. The van der Waals surface area contributed by atoms with Crippen molar-refractivity contribution in [2.24, 2.45) is 5.73 Å². The Morgan fingerprint density at radius 1 is 1.50 bits per heavy atom. The van der Waals surface area contributed by atoms with Crippen LogP contribution in [0.25, 0.3) is 0 Å². The molecule has 0 unspecified atom stereocenters. The van der Waals surface area contributed by atoms with Crippen LogP contribution in [0, 0.1) is 0 Å². The highest BCUT2D eigenvalue weighted by molar-refractivity contribution is 6.32. The van der Waals surface area contributed by atoms with Crippen LogP contribution in [0.1, 0.15) is 5.69 Å². The molecule has 0 fully saturated rings. The molecule has 0 saturated carbocycles. The number of hydrogen-bond acceptors (Lipinski definition) is 3. The van der Waals surface area contributed by atoms with Gasteiger partial charge in [0.25, 0.3) is 0 Å². The Balaban J connectivity index is 3.08. The molecule has 0 aliphatic heterocycles. The van der Waals surface area contributed by atoms with Gasteiger partial charge in [0.15, 0.2) is 0 Å². The van der Waals surface area contributed by atoms with Gasteiger partial charge in [0.1, 0.15) is 5.82 Å². The highest BCUT2D eigenvalue weighted by atomic mass is 35.5. The summed E-state index contributed by atoms with van der Waals surface area (Å²) in [6.07, 6.45) is 0. The normalized spacial score (nSPS) is 10.0. The molecule has 3 nitrogen and oxygen atoms in total. The summed E-state index contributed by atoms with van der Waals surface area (Å²) in [4.78, 5) is 6.12. The Morgan fingerprint density at radius 3 is 2.67 bits per heavy atom. The van der Waals surface area contributed by atoms with E-state index in [0.29, 0.717) is 11.6 Å². The molecule has 4 heteroatoms. The van der Waals surface area contributed by atoms with Crippen molar-refractivity contribution in [1.82, 2.24) is 4.98 Å². The van der Waals surface area contributed by atoms with E-state index < -0.39 is 0 Å². The van der Waals surface area contributed by atoms with Gasteiger partial charge in [-0.15, -0.1) is 0 Å². The topological polar surface area (TPSA) is 42.2 Å². The van der Waals surface area contributed by atoms with E-state index in [9.17, 15) is 0 Å². The summed E-state index contributed by atoms with van der Waals surface area (Å²) in [5.74, 6) is 0.764. The summed E-state index contributed by atoms with van der Waals surface area (Å²) in [5.41, 5.74) is 6.29. The summed E-state index contributed by atoms with van der Waals surface area (Å²) >= 11 is 5.90. The van der Waals surface area contributed by atoms with E-state index in [1.54, 1.807) is 0 Å². The van der Waals surface area contributed by atoms with E-state index in [1.165, 1.54) is 0 Å². The van der Waals surface area contributed by atoms with Crippen molar-refractivity contribution in [3.8, 4) is 0 Å². The third-order valence-corrected chi connectivity index (χ3v) is 1.81. The van der Waals surface area contributed by atoms with Gasteiger partial charge in [0.05, 0.1) is 10.7 Å². The molecule has 0 bridgehead atoms. The predicted molar refractivity (Wildman–Crippen MR) is 51.5 cm³/mol. The molecule has 0 spiro atoms. The van der Waals surface area contributed by atoms with Gasteiger partial charge in [-0.1, -0.05) is 11.6 Å². The number of nitrogens with zero attached hydrogens (tertiary/aromatic N) is 2. The van der Waals surface area contributed by atoms with E-state index in [-0.39, 0.29) is 0 Å². The smallest absolute Gasteiger partial charge is 0.147 e. The van der Waals surface area contributed by atoms with Crippen LogP contribution in [-0.2, 0) is 6.54 Å². The highest BCUT2D eigenvalue weighted by Gasteiger charge is 2.04. The zero-order valence-electron chi connectivity index (χ0n) is 7.21. The molecule has 12 heavy (non-hydrogen) atoms. The summed E-state index contributed by atoms with van der Waals surface area (Å²) in [6, 6.07) is 3.64. The van der Waals surface area contributed by atoms with Crippen LogP contribution in [0.5, 0.6) is 0 Å². The zero-order valence-corrected chi connectivity index (χ0v) is 7.97. The summed E-state index contributed by atoms with van der Waals surface area (Å²) in [6.45, 7) is 0.442. The van der Waals surface area contributed by atoms with Crippen LogP contribution in [0.15, 0.2) is 12.1 Å². The highest BCUT2D eigenvalue weighted by Crippen LogP contribution is 2.21. The first-order valence-corrected chi connectivity index (χ1v) is 4.05. The van der Waals surface area contributed by atoms with Gasteiger partial charge in [-0.25, -0.2) is 4.98 Å². The van der Waals surface area contributed by atoms with Crippen LogP contribution in [0.2, 0.25) is 5.02 Å². The minimum atomic E-state index is 0.442. The molecule has 1 heterocycles. The average molecular weight is 186 g/mol. The van der Waals surface area contributed by atoms with Crippen LogP contribution in [0.3, 0.4) is 0 Å². The van der Waals surface area contributed by atoms with Gasteiger partial charge in [-0.05, 0) is 12.1 Å². The first kappa shape index (κ1) is 9.29. The van der Waals surface area contributed by atoms with Crippen molar-refractivity contribution in [2.45, 2.75) is 6.54 Å². The molecule has 66 valence electrons. The number of hydrogen-bond donors (Lipinski definition) is 1. The van der Waals surface area contributed by atoms with Gasteiger partial charge < -0.3 is 10.6 Å². The third-order valence-electron chi connectivity index (χ3n) is 1.52. The van der Waals surface area contributed by atoms with Crippen molar-refractivity contribution >= 4 is 17.4 Å². The van der Waals surface area contributed by atoms with Crippen molar-refractivity contribution in [2.75, 3.05) is 19.0 Å². The number of nitrogens with two attached hydrogens (primary N) is 1. The average Bonchev–Trinajstić information content (AvgIpc) is 2.05. The molecule has 1 aromatic heterocycles. The van der Waals surface area contributed by atoms with Crippen molar-refractivity contribution in [1.29, 1.82) is 0 Å². The van der Waals surface area contributed by atoms with Crippen LogP contribution < -0.4 is 10.6 Å². The van der Waals surface area contributed by atoms with Crippen LogP contribution in [-0.4, -0.2) is 19.1 Å². The number of pyridine rings is 1. The van der Waals surface area contributed by atoms with E-state index in [0.717, 1.165) is 11.5 Å². The molecule has 0 atom stereocenters. The van der Waals surface area contributed by atoms with Gasteiger partial charge in [-0.3, -0.25) is 0 Å². The second-order valence-electron chi connectivity index (χ2n) is 2.71. The fourth-order valence-corrected chi connectivity index (χ4v) is 1.17. The Morgan fingerprint density at radius 2 is 2.17 bits per heavy atom. The molecule has 2 N–H and O–H groups in total. The number of anilines is 1. The second-order valence-corrected chi connectivity index (χ2v) is 3.11. The molecular formula is C8H12ClN3. The molecule has 0 aromatic carbocycles. The number of aromatic nitrogens is 1. The van der Waals surface area contributed by atoms with Gasteiger partial charge in [-0.2, -0.15) is 0 Å². The molecule has 0 amide bonds. The molecule has 0 radical (unpaired) electrons. The minimum absolute atomic E-state index is 0.442. The molecule has 1 rings (SSSR count). The molecular weight excluding hydrogens is 174 g/mol. The Bertz CT molecular complexity index is 273. The zero-order chi connectivity index (χ0) is 9.14. The SMILES string of the molecule is CN(C)c1nc(CN)ccc1Cl. The first-order valence-electron chi connectivity index (χ1n) is 3.68. The van der Waals surface area contributed by atoms with Gasteiger partial charge >= 0.3 is 0 Å². The van der Waals surface area contributed by atoms with Crippen molar-refractivity contribution < 1.29 is 0 Å². The lowest BCUT2D eigenvalue weighted by Gasteiger charge is -2.13. The lowest BCUT2D eigenvalue weighted by molar-refractivity contribution is 0.962. The first-order chi connectivity index (χ1) is 5.65. The maximum atomic E-state index is 5.90. The maximum absolute atomic E-state index is 5.90. The molecule has 0 aliphatic rings. The van der Waals surface area contributed by atoms with E-state index in [2.05, 4.69) is 4.98 Å².